The molecule has 0 spiro atoms. The standard InChI is InChI=1S/C17H30N2O6.C17H30N2O5.C17H29NO7.C17H29NO6/c1-14(13-16(20)15(2)18-3)17(21)19-5-6-23-9-10-25-12-11-24-8-7-22-4;1-5-7-22-9-11-24-12-10-23-8-6-19-17(21)14(2)13-16(20)15(3)18-4;1-14(13-16(19)15(2)18-3)17(20)25-12-11-24-10-9-23-8-7-22-6-5-21-4;1-5-6-21-7-8-22-9-10-23-11-12-24-17(20)14(2)13-16(19)15(3)18-4/h14-15H,5-13H2,1-2,4H3,(H,19,21);14-15H,5-13H2,1-3H3,(H,19,21);14-15H,5-13H2,1-2,4H3;14-15H,5-13H2,1-3H3. The lowest BCUT2D eigenvalue weighted by molar-refractivity contribution is -0.151. The van der Waals surface area contributed by atoms with Gasteiger partial charge in [0.25, 0.3) is 24.2 Å². The third kappa shape index (κ3) is 65.9. The zero-order valence-electron chi connectivity index (χ0n) is 60.7. The van der Waals surface area contributed by atoms with E-state index in [1.807, 2.05) is 6.92 Å². The van der Waals surface area contributed by atoms with Crippen molar-refractivity contribution in [3.05, 3.63) is 45.7 Å². The molecule has 0 bridgehead atoms. The molecule has 0 radical (unpaired) electrons. The molecule has 0 aromatic heterocycles. The fourth-order valence-electron chi connectivity index (χ4n) is 6.80. The summed E-state index contributed by atoms with van der Waals surface area (Å²) in [7, 11) is 3.24. The molecular formula is C68H118N6O24. The van der Waals surface area contributed by atoms with E-state index >= 15 is 0 Å². The van der Waals surface area contributed by atoms with Crippen LogP contribution in [0, 0.1) is 50.0 Å². The Balaban J connectivity index is -0.000000601. The van der Waals surface area contributed by atoms with E-state index in [1.54, 1.807) is 55.8 Å². The van der Waals surface area contributed by atoms with Crippen molar-refractivity contribution in [1.29, 1.82) is 0 Å². The molecule has 30 heteroatoms. The Kier molecular flexibility index (Phi) is 73.9. The van der Waals surface area contributed by atoms with Crippen molar-refractivity contribution in [2.24, 2.45) is 23.7 Å². The third-order valence-corrected chi connectivity index (χ3v) is 12.9. The number of hydrogen-bond donors (Lipinski definition) is 2. The van der Waals surface area contributed by atoms with Crippen LogP contribution in [0.15, 0.2) is 0 Å². The summed E-state index contributed by atoms with van der Waals surface area (Å²) >= 11 is 0. The monoisotopic (exact) mass is 1400 g/mol. The van der Waals surface area contributed by atoms with Crippen molar-refractivity contribution in [3.63, 3.8) is 0 Å². The van der Waals surface area contributed by atoms with Gasteiger partial charge in [-0.25, -0.2) is 26.3 Å². The lowest BCUT2D eigenvalue weighted by Crippen LogP contribution is -2.34. The molecule has 0 aliphatic rings. The first-order valence-corrected chi connectivity index (χ1v) is 33.5. The molecule has 0 aliphatic heterocycles. The molecule has 0 heterocycles. The van der Waals surface area contributed by atoms with Crippen LogP contribution >= 0.6 is 0 Å². The first-order chi connectivity index (χ1) is 47.1. The molecule has 8 atom stereocenters. The van der Waals surface area contributed by atoms with Crippen molar-refractivity contribution >= 4 is 46.9 Å². The van der Waals surface area contributed by atoms with Gasteiger partial charge in [-0.15, -0.1) is 0 Å². The number of methoxy groups -OCH3 is 2. The van der Waals surface area contributed by atoms with Gasteiger partial charge in [0.15, 0.2) is 0 Å². The highest BCUT2D eigenvalue weighted by Crippen LogP contribution is 2.12. The number of amides is 2. The summed E-state index contributed by atoms with van der Waals surface area (Å²) in [6.07, 6.45) is 2.20. The molecule has 0 fully saturated rings. The summed E-state index contributed by atoms with van der Waals surface area (Å²) in [6.45, 7) is 57.9. The van der Waals surface area contributed by atoms with E-state index in [0.717, 1.165) is 26.1 Å². The Morgan fingerprint density at radius 1 is 0.286 bits per heavy atom. The highest BCUT2D eigenvalue weighted by atomic mass is 16.6. The maximum absolute atomic E-state index is 11.8. The van der Waals surface area contributed by atoms with Crippen LogP contribution in [0.4, 0.5) is 0 Å². The lowest BCUT2D eigenvalue weighted by atomic mass is 10.0. The molecule has 0 aromatic rings. The van der Waals surface area contributed by atoms with Crippen LogP contribution in [-0.2, 0) is 114 Å². The van der Waals surface area contributed by atoms with E-state index in [2.05, 4.69) is 36.9 Å². The second kappa shape index (κ2) is 73.7. The average Bonchev–Trinajstić information content (AvgIpc) is 1.60. The van der Waals surface area contributed by atoms with Crippen molar-refractivity contribution in [3.8, 4) is 0 Å². The summed E-state index contributed by atoms with van der Waals surface area (Å²) in [5.41, 5.74) is 0. The van der Waals surface area contributed by atoms with Gasteiger partial charge in [0, 0.05) is 106 Å². The fraction of sp³-hybridized carbons (Fsp3) is 0.824. The SMILES string of the molecule is [C-]#[N+]C(C)C(=O)CC(C)C(=O)NCCOCCOCCOCCC.[C-]#[N+]C(C)C(=O)CC(C)C(=O)NCCOCCOCCOCCOC.[C-]#[N+]C(C)C(=O)CC(C)C(=O)OCCOCCOCCOCCC.[C-]#[N+]C(C)C(=O)CC(C)C(=O)OCCOCCOCCOCCOC. The number of ketones is 4. The molecule has 8 unspecified atom stereocenters. The largest absolute Gasteiger partial charge is 0.463 e. The minimum absolute atomic E-state index is 0.0174. The van der Waals surface area contributed by atoms with E-state index < -0.39 is 59.8 Å². The smallest absolute Gasteiger partial charge is 0.309 e. The Labute approximate surface area is 583 Å². The average molecular weight is 1400 g/mol. The van der Waals surface area contributed by atoms with Crippen LogP contribution in [0.25, 0.3) is 19.4 Å². The van der Waals surface area contributed by atoms with Gasteiger partial charge in [-0.1, -0.05) is 41.5 Å². The van der Waals surface area contributed by atoms with Crippen LogP contribution in [0.2, 0.25) is 0 Å². The zero-order valence-corrected chi connectivity index (χ0v) is 60.7. The quantitative estimate of drug-likeness (QED) is 0.0449. The van der Waals surface area contributed by atoms with Gasteiger partial charge in [0.2, 0.25) is 34.9 Å². The molecule has 2 N–H and O–H groups in total. The highest BCUT2D eigenvalue weighted by Gasteiger charge is 2.27. The molecule has 0 rings (SSSR count). The van der Waals surface area contributed by atoms with Crippen LogP contribution in [0.3, 0.4) is 0 Å². The van der Waals surface area contributed by atoms with Gasteiger partial charge in [-0.2, -0.15) is 0 Å². The molecular weight excluding hydrogens is 1280 g/mol. The van der Waals surface area contributed by atoms with E-state index in [0.29, 0.717) is 158 Å². The van der Waals surface area contributed by atoms with Crippen molar-refractivity contribution < 1.29 is 114 Å². The van der Waals surface area contributed by atoms with E-state index in [1.165, 1.54) is 13.8 Å². The predicted molar refractivity (Wildman–Crippen MR) is 362 cm³/mol. The third-order valence-electron chi connectivity index (χ3n) is 12.9. The van der Waals surface area contributed by atoms with E-state index in [4.69, 9.17) is 102 Å². The van der Waals surface area contributed by atoms with Crippen molar-refractivity contribution in [1.82, 2.24) is 10.6 Å². The zero-order chi connectivity index (χ0) is 74.2. The molecule has 0 aromatic carbocycles. The predicted octanol–water partition coefficient (Wildman–Crippen LogP) is 5.19. The molecule has 2 amide bonds. The Hall–Kier alpha value is -6.04. The molecule has 0 aliphatic carbocycles. The van der Waals surface area contributed by atoms with Crippen LogP contribution in [0.1, 0.15) is 108 Å². The van der Waals surface area contributed by atoms with Gasteiger partial charge >= 0.3 is 11.9 Å². The molecule has 30 nitrogen and oxygen atoms in total. The number of hydrogen-bond acceptors (Lipinski definition) is 24. The van der Waals surface area contributed by atoms with Gasteiger partial charge in [-0.05, 0) is 12.8 Å². The number of Topliss-reactive ketones (excluding diaryl/α,β-unsaturated/α-hetero) is 4. The van der Waals surface area contributed by atoms with Crippen molar-refractivity contribution in [2.45, 2.75) is 132 Å². The normalized spacial score (nSPS) is 13.1. The number of esters is 2. The Morgan fingerprint density at radius 2 is 0.480 bits per heavy atom. The second-order valence-corrected chi connectivity index (χ2v) is 21.8. The molecule has 0 saturated carbocycles. The second-order valence-electron chi connectivity index (χ2n) is 21.8. The maximum atomic E-state index is 11.8. The maximum Gasteiger partial charge on any atom is 0.309 e. The first kappa shape index (κ1) is 98.3. The minimum atomic E-state index is -0.719. The lowest BCUT2D eigenvalue weighted by Gasteiger charge is -2.11. The van der Waals surface area contributed by atoms with Gasteiger partial charge in [0.05, 0.1) is 170 Å². The number of rotatable bonds is 62. The number of nitrogens with zero attached hydrogens (tertiary/aromatic N) is 4. The number of nitrogens with one attached hydrogen (secondary N) is 2. The number of carbonyl (C=O) groups is 8. The summed E-state index contributed by atoms with van der Waals surface area (Å²) in [5, 5.41) is 5.42. The van der Waals surface area contributed by atoms with Crippen LogP contribution in [0.5, 0.6) is 0 Å². The number of ether oxygens (including phenoxy) is 16. The highest BCUT2D eigenvalue weighted by molar-refractivity contribution is 5.91. The van der Waals surface area contributed by atoms with Gasteiger partial charge in [0.1, 0.15) is 13.2 Å². The first-order valence-electron chi connectivity index (χ1n) is 33.5. The molecule has 0 saturated heterocycles. The van der Waals surface area contributed by atoms with E-state index in [-0.39, 0.29) is 87.1 Å². The van der Waals surface area contributed by atoms with Crippen LogP contribution in [-0.4, -0.2) is 283 Å². The Morgan fingerprint density at radius 3 is 0.694 bits per heavy atom. The summed E-state index contributed by atoms with van der Waals surface area (Å²) in [4.78, 5) is 106. The summed E-state index contributed by atoms with van der Waals surface area (Å²) in [5.74, 6) is -4.22. The van der Waals surface area contributed by atoms with Crippen molar-refractivity contribution in [2.75, 3.05) is 212 Å². The summed E-state index contributed by atoms with van der Waals surface area (Å²) in [6, 6.07) is -2.81. The summed E-state index contributed by atoms with van der Waals surface area (Å²) < 4.78 is 83.2. The molecule has 564 valence electrons. The number of carbonyl (C=O) groups excluding carboxylic acids is 8. The van der Waals surface area contributed by atoms with Crippen LogP contribution < -0.4 is 10.6 Å². The Bertz CT molecular complexity index is 2060. The van der Waals surface area contributed by atoms with Gasteiger partial charge in [-0.3, -0.25) is 38.4 Å². The fourth-order valence-corrected chi connectivity index (χ4v) is 6.80. The minimum Gasteiger partial charge on any atom is -0.463 e. The van der Waals surface area contributed by atoms with E-state index in [9.17, 15) is 38.4 Å². The van der Waals surface area contributed by atoms with Gasteiger partial charge < -0.3 is 106 Å². The topological polar surface area (TPSA) is 326 Å². The molecule has 98 heavy (non-hydrogen) atoms.